The van der Waals surface area contributed by atoms with Gasteiger partial charge in [0, 0.05) is 16.9 Å². The lowest BCUT2D eigenvalue weighted by Crippen LogP contribution is -2.41. The molecule has 1 amide bonds. The number of hydrogen-bond acceptors (Lipinski definition) is 6. The number of thioether (sulfide) groups is 1. The average Bonchev–Trinajstić information content (AvgIpc) is 3.26. The van der Waals surface area contributed by atoms with Crippen LogP contribution in [0.5, 0.6) is 0 Å². The number of hydrogen-bond donors (Lipinski definition) is 3. The molecule has 1 aromatic heterocycles. The van der Waals surface area contributed by atoms with E-state index < -0.39 is 0 Å². The van der Waals surface area contributed by atoms with Crippen LogP contribution in [0.2, 0.25) is 0 Å². The van der Waals surface area contributed by atoms with E-state index in [1.165, 1.54) is 11.8 Å². The molecule has 31 heavy (non-hydrogen) atoms. The van der Waals surface area contributed by atoms with Gasteiger partial charge in [0.05, 0.1) is 12.4 Å². The maximum absolute atomic E-state index is 12.3. The van der Waals surface area contributed by atoms with Crippen LogP contribution in [-0.4, -0.2) is 33.1 Å². The summed E-state index contributed by atoms with van der Waals surface area (Å²) in [6.45, 7) is 0.415. The van der Waals surface area contributed by atoms with Gasteiger partial charge in [-0.2, -0.15) is 0 Å². The Kier molecular flexibility index (Phi) is 6.94. The fourth-order valence-electron chi connectivity index (χ4n) is 2.96. The summed E-state index contributed by atoms with van der Waals surface area (Å²) in [5, 5.41) is 12.5. The van der Waals surface area contributed by atoms with Crippen LogP contribution in [0.25, 0.3) is 17.1 Å². The molecule has 3 aromatic carbocycles. The lowest BCUT2D eigenvalue weighted by molar-refractivity contribution is -0.119. The molecular formula is C23H22N6OS. The van der Waals surface area contributed by atoms with Crippen LogP contribution in [0.3, 0.4) is 0 Å². The quantitative estimate of drug-likeness (QED) is 0.162. The van der Waals surface area contributed by atoms with Crippen molar-refractivity contribution < 1.29 is 4.79 Å². The first-order valence-electron chi connectivity index (χ1n) is 9.81. The number of nitrogens with zero attached hydrogens (tertiary/aromatic N) is 3. The Morgan fingerprint density at radius 1 is 0.839 bits per heavy atom. The molecule has 0 unspecified atom stereocenters. The van der Waals surface area contributed by atoms with Gasteiger partial charge in [-0.1, -0.05) is 78.5 Å². The number of carbonyl (C=O) groups excluding carboxylic acids is 1. The summed E-state index contributed by atoms with van der Waals surface area (Å²) in [5.41, 5.74) is 8.45. The van der Waals surface area contributed by atoms with Gasteiger partial charge < -0.3 is 5.32 Å². The molecule has 0 spiro atoms. The lowest BCUT2D eigenvalue weighted by atomic mass is 10.2. The predicted molar refractivity (Wildman–Crippen MR) is 124 cm³/mol. The van der Waals surface area contributed by atoms with Gasteiger partial charge in [-0.05, 0) is 24.3 Å². The molecule has 3 N–H and O–H groups in total. The van der Waals surface area contributed by atoms with Gasteiger partial charge in [-0.25, -0.2) is 5.43 Å². The highest BCUT2D eigenvalue weighted by Gasteiger charge is 2.17. The van der Waals surface area contributed by atoms with E-state index in [0.717, 1.165) is 22.8 Å². The fourth-order valence-corrected chi connectivity index (χ4v) is 3.71. The smallest absolute Gasteiger partial charge is 0.244 e. The lowest BCUT2D eigenvalue weighted by Gasteiger charge is -2.11. The highest BCUT2D eigenvalue weighted by molar-refractivity contribution is 7.99. The topological polar surface area (TPSA) is 83.9 Å². The maximum atomic E-state index is 12.3. The Bertz CT molecular complexity index is 1100. The molecule has 7 nitrogen and oxygen atoms in total. The van der Waals surface area contributed by atoms with Gasteiger partial charge in [0.2, 0.25) is 5.91 Å². The summed E-state index contributed by atoms with van der Waals surface area (Å²) in [5.74, 6) is 0.793. The van der Waals surface area contributed by atoms with Crippen molar-refractivity contribution in [3.8, 4) is 17.1 Å². The summed E-state index contributed by atoms with van der Waals surface area (Å²) in [4.78, 5) is 12.3. The van der Waals surface area contributed by atoms with Gasteiger partial charge in [0.15, 0.2) is 11.0 Å². The minimum Gasteiger partial charge on any atom is -0.371 e. The van der Waals surface area contributed by atoms with Crippen molar-refractivity contribution in [1.29, 1.82) is 0 Å². The molecule has 4 rings (SSSR count). The number of carbonyl (C=O) groups is 1. The predicted octanol–water partition coefficient (Wildman–Crippen LogP) is 3.72. The minimum atomic E-state index is -0.149. The fraction of sp³-hybridized carbons (Fsp3) is 0.0870. The largest absolute Gasteiger partial charge is 0.371 e. The van der Waals surface area contributed by atoms with E-state index in [2.05, 4.69) is 26.4 Å². The molecule has 1 heterocycles. The SMILES string of the molecule is O=C(CSc1nnc(-c2ccccc2)n1-c1ccccc1)NNCNc1ccccc1. The summed E-state index contributed by atoms with van der Waals surface area (Å²) in [7, 11) is 0. The number of amides is 1. The first-order valence-corrected chi connectivity index (χ1v) is 10.8. The normalized spacial score (nSPS) is 10.6. The van der Waals surface area contributed by atoms with Crippen LogP contribution in [-0.2, 0) is 4.79 Å². The zero-order chi connectivity index (χ0) is 21.3. The summed E-state index contributed by atoms with van der Waals surface area (Å²) in [6.07, 6.45) is 0. The molecule has 8 heteroatoms. The van der Waals surface area contributed by atoms with Crippen LogP contribution >= 0.6 is 11.8 Å². The van der Waals surface area contributed by atoms with Gasteiger partial charge in [-0.15, -0.1) is 10.2 Å². The monoisotopic (exact) mass is 430 g/mol. The van der Waals surface area contributed by atoms with Crippen molar-refractivity contribution in [2.24, 2.45) is 0 Å². The second-order valence-corrected chi connectivity index (χ2v) is 7.52. The van der Waals surface area contributed by atoms with E-state index in [-0.39, 0.29) is 11.7 Å². The highest BCUT2D eigenvalue weighted by atomic mass is 32.2. The van der Waals surface area contributed by atoms with Crippen molar-refractivity contribution >= 4 is 23.4 Å². The highest BCUT2D eigenvalue weighted by Crippen LogP contribution is 2.27. The molecule has 0 bridgehead atoms. The maximum Gasteiger partial charge on any atom is 0.244 e. The van der Waals surface area contributed by atoms with E-state index >= 15 is 0 Å². The number of hydrazine groups is 1. The average molecular weight is 431 g/mol. The Morgan fingerprint density at radius 3 is 2.19 bits per heavy atom. The number of aromatic nitrogens is 3. The zero-order valence-corrected chi connectivity index (χ0v) is 17.5. The van der Waals surface area contributed by atoms with Crippen molar-refractivity contribution in [1.82, 2.24) is 25.6 Å². The van der Waals surface area contributed by atoms with Gasteiger partial charge in [0.1, 0.15) is 0 Å². The number of rotatable bonds is 9. The molecule has 0 radical (unpaired) electrons. The Labute approximate surface area is 184 Å². The van der Waals surface area contributed by atoms with Crippen molar-refractivity contribution in [2.45, 2.75) is 5.16 Å². The van der Waals surface area contributed by atoms with Gasteiger partial charge in [0.25, 0.3) is 0 Å². The standard InChI is InChI=1S/C23H22N6OS/c30-21(26-25-17-24-19-12-6-2-7-13-19)16-31-23-28-27-22(18-10-4-1-5-11-18)29(23)20-14-8-3-9-15-20/h1-15,24-25H,16-17H2,(H,26,30). The van der Waals surface area contributed by atoms with E-state index in [0.29, 0.717) is 11.8 Å². The number of para-hydroxylation sites is 2. The molecule has 4 aromatic rings. The van der Waals surface area contributed by atoms with E-state index in [9.17, 15) is 4.79 Å². The molecule has 0 fully saturated rings. The molecule has 0 aliphatic rings. The summed E-state index contributed by atoms with van der Waals surface area (Å²) >= 11 is 1.34. The van der Waals surface area contributed by atoms with Gasteiger partial charge >= 0.3 is 0 Å². The molecule has 156 valence electrons. The van der Waals surface area contributed by atoms with Crippen molar-refractivity contribution in [3.05, 3.63) is 91.0 Å². The molecule has 0 aliphatic carbocycles. The van der Waals surface area contributed by atoms with Crippen molar-refractivity contribution in [3.63, 3.8) is 0 Å². The first kappa shape index (κ1) is 20.6. The zero-order valence-electron chi connectivity index (χ0n) is 16.7. The van der Waals surface area contributed by atoms with Crippen LogP contribution in [0.15, 0.2) is 96.2 Å². The van der Waals surface area contributed by atoms with Gasteiger partial charge in [-0.3, -0.25) is 14.8 Å². The molecule has 0 aliphatic heterocycles. The molecule has 0 saturated heterocycles. The number of anilines is 1. The van der Waals surface area contributed by atoms with E-state index in [1.54, 1.807) is 0 Å². The van der Waals surface area contributed by atoms with E-state index in [4.69, 9.17) is 0 Å². The third kappa shape index (κ3) is 5.50. The third-order valence-corrected chi connectivity index (χ3v) is 5.32. The van der Waals surface area contributed by atoms with Crippen molar-refractivity contribution in [2.75, 3.05) is 17.7 Å². The van der Waals surface area contributed by atoms with Crippen LogP contribution < -0.4 is 16.2 Å². The molecule has 0 saturated carbocycles. The minimum absolute atomic E-state index is 0.149. The Balaban J connectivity index is 1.39. The molecule has 0 atom stereocenters. The Hall–Kier alpha value is -3.62. The number of nitrogens with one attached hydrogen (secondary N) is 3. The second-order valence-electron chi connectivity index (χ2n) is 6.58. The summed E-state index contributed by atoms with van der Waals surface area (Å²) < 4.78 is 1.97. The first-order chi connectivity index (χ1) is 15.3. The molecular weight excluding hydrogens is 408 g/mol. The Morgan fingerprint density at radius 2 is 1.48 bits per heavy atom. The van der Waals surface area contributed by atoms with Crippen LogP contribution in [0, 0.1) is 0 Å². The number of benzene rings is 3. The third-order valence-electron chi connectivity index (χ3n) is 4.39. The second kappa shape index (κ2) is 10.4. The summed E-state index contributed by atoms with van der Waals surface area (Å²) in [6, 6.07) is 29.5. The van der Waals surface area contributed by atoms with Crippen LogP contribution in [0.4, 0.5) is 5.69 Å². The van der Waals surface area contributed by atoms with E-state index in [1.807, 2.05) is 95.6 Å². The van der Waals surface area contributed by atoms with Crippen LogP contribution in [0.1, 0.15) is 0 Å².